The van der Waals surface area contributed by atoms with Crippen LogP contribution >= 0.6 is 22.7 Å². The Morgan fingerprint density at radius 2 is 2.12 bits per heavy atom. The van der Waals surface area contributed by atoms with E-state index in [1.807, 2.05) is 42.6 Å². The molecule has 0 atom stereocenters. The first kappa shape index (κ1) is 15.1. The number of benzene rings is 1. The van der Waals surface area contributed by atoms with E-state index >= 15 is 0 Å². The summed E-state index contributed by atoms with van der Waals surface area (Å²) in [6, 6.07) is 13.4. The van der Waals surface area contributed by atoms with Crippen molar-refractivity contribution in [3.8, 4) is 9.88 Å². The van der Waals surface area contributed by atoms with Crippen molar-refractivity contribution in [2.75, 3.05) is 0 Å². The van der Waals surface area contributed by atoms with Crippen LogP contribution in [0.2, 0.25) is 0 Å². The van der Waals surface area contributed by atoms with Crippen molar-refractivity contribution in [2.45, 2.75) is 13.5 Å². The van der Waals surface area contributed by atoms with Crippen LogP contribution in [0.3, 0.4) is 0 Å². The van der Waals surface area contributed by atoms with Gasteiger partial charge in [0.1, 0.15) is 10.6 Å². The number of fused-ring (bicyclic) bond motifs is 1. The number of aromatic nitrogens is 1. The molecule has 4 rings (SSSR count). The number of nitrogens with zero attached hydrogens (tertiary/aromatic N) is 1. The van der Waals surface area contributed by atoms with E-state index < -0.39 is 0 Å². The molecule has 4 aromatic rings. The molecule has 3 heterocycles. The Morgan fingerprint density at radius 3 is 2.92 bits per heavy atom. The molecule has 0 saturated heterocycles. The highest BCUT2D eigenvalue weighted by Crippen LogP contribution is 2.31. The summed E-state index contributed by atoms with van der Waals surface area (Å²) in [7, 11) is 0. The average molecular weight is 354 g/mol. The lowest BCUT2D eigenvalue weighted by Gasteiger charge is -2.01. The van der Waals surface area contributed by atoms with Crippen molar-refractivity contribution in [1.29, 1.82) is 0 Å². The van der Waals surface area contributed by atoms with Crippen molar-refractivity contribution in [3.05, 3.63) is 64.2 Å². The van der Waals surface area contributed by atoms with Gasteiger partial charge in [0.2, 0.25) is 0 Å². The Labute approximate surface area is 146 Å². The molecule has 120 valence electrons. The first-order valence-electron chi connectivity index (χ1n) is 7.47. The second kappa shape index (κ2) is 6.22. The van der Waals surface area contributed by atoms with Crippen LogP contribution in [0.15, 0.2) is 52.3 Å². The van der Waals surface area contributed by atoms with Crippen molar-refractivity contribution in [3.63, 3.8) is 0 Å². The first-order valence-corrected chi connectivity index (χ1v) is 9.17. The Hall–Kier alpha value is -2.44. The minimum atomic E-state index is -0.211. The second-order valence-electron chi connectivity index (χ2n) is 5.34. The van der Waals surface area contributed by atoms with Gasteiger partial charge >= 0.3 is 0 Å². The Bertz CT molecular complexity index is 966. The first-order chi connectivity index (χ1) is 11.7. The highest BCUT2D eigenvalue weighted by molar-refractivity contribution is 7.21. The topological polar surface area (TPSA) is 55.1 Å². The van der Waals surface area contributed by atoms with Crippen LogP contribution in [0.4, 0.5) is 0 Å². The van der Waals surface area contributed by atoms with Gasteiger partial charge in [0.15, 0.2) is 5.76 Å². The number of thiophene rings is 1. The molecule has 0 unspecified atom stereocenters. The van der Waals surface area contributed by atoms with Gasteiger partial charge in [0.05, 0.1) is 17.1 Å². The number of carbonyl (C=O) groups is 1. The van der Waals surface area contributed by atoms with Gasteiger partial charge < -0.3 is 9.73 Å². The van der Waals surface area contributed by atoms with Crippen LogP contribution < -0.4 is 5.32 Å². The summed E-state index contributed by atoms with van der Waals surface area (Å²) in [5.74, 6) is 0.119. The zero-order valence-corrected chi connectivity index (χ0v) is 14.5. The lowest BCUT2D eigenvalue weighted by atomic mass is 10.2. The molecule has 1 N–H and O–H groups in total. The third kappa shape index (κ3) is 2.86. The molecule has 0 saturated carbocycles. The third-order valence-corrected chi connectivity index (χ3v) is 5.88. The van der Waals surface area contributed by atoms with Gasteiger partial charge in [0.25, 0.3) is 5.91 Å². The van der Waals surface area contributed by atoms with Crippen molar-refractivity contribution in [2.24, 2.45) is 0 Å². The standard InChI is InChI=1S/C18H14N2O2S2/c1-11-16(24-18(20-11)15-7-4-8-23-15)10-19-17(21)14-9-12-5-2-3-6-13(12)22-14/h2-9H,10H2,1H3,(H,19,21). The molecule has 1 aromatic carbocycles. The maximum atomic E-state index is 12.3. The van der Waals surface area contributed by atoms with Crippen LogP contribution in [0.5, 0.6) is 0 Å². The van der Waals surface area contributed by atoms with E-state index in [1.165, 1.54) is 0 Å². The molecule has 6 heteroatoms. The minimum absolute atomic E-state index is 0.211. The molecule has 24 heavy (non-hydrogen) atoms. The molecular formula is C18H14N2O2S2. The molecule has 1 amide bonds. The summed E-state index contributed by atoms with van der Waals surface area (Å²) in [6.45, 7) is 2.42. The van der Waals surface area contributed by atoms with Gasteiger partial charge in [-0.05, 0) is 30.5 Å². The van der Waals surface area contributed by atoms with Crippen LogP contribution in [0.25, 0.3) is 20.9 Å². The van der Waals surface area contributed by atoms with Gasteiger partial charge in [-0.3, -0.25) is 4.79 Å². The van der Waals surface area contributed by atoms with E-state index in [2.05, 4.69) is 16.4 Å². The molecule has 0 aliphatic carbocycles. The number of furan rings is 1. The lowest BCUT2D eigenvalue weighted by molar-refractivity contribution is 0.0925. The van der Waals surface area contributed by atoms with Gasteiger partial charge in [-0.25, -0.2) is 4.98 Å². The summed E-state index contributed by atoms with van der Waals surface area (Å²) in [4.78, 5) is 19.1. The monoisotopic (exact) mass is 354 g/mol. The molecule has 0 aliphatic heterocycles. The van der Waals surface area contributed by atoms with Crippen LogP contribution in [-0.2, 0) is 6.54 Å². The number of carbonyl (C=O) groups excluding carboxylic acids is 1. The molecule has 3 aromatic heterocycles. The van der Waals surface area contributed by atoms with Crippen LogP contribution in [0.1, 0.15) is 21.1 Å². The SMILES string of the molecule is Cc1nc(-c2cccs2)sc1CNC(=O)c1cc2ccccc2o1. The van der Waals surface area contributed by atoms with Gasteiger partial charge in [0, 0.05) is 10.3 Å². The van der Waals surface area contributed by atoms with Gasteiger partial charge in [-0.15, -0.1) is 22.7 Å². The number of amides is 1. The minimum Gasteiger partial charge on any atom is -0.451 e. The van der Waals surface area contributed by atoms with E-state index in [1.54, 1.807) is 28.7 Å². The number of aryl methyl sites for hydroxylation is 1. The molecule has 0 radical (unpaired) electrons. The van der Waals surface area contributed by atoms with E-state index in [0.29, 0.717) is 12.3 Å². The number of thiazole rings is 1. The van der Waals surface area contributed by atoms with Gasteiger partial charge in [-0.2, -0.15) is 0 Å². The van der Waals surface area contributed by atoms with Crippen LogP contribution in [0, 0.1) is 6.92 Å². The fourth-order valence-corrected chi connectivity index (χ4v) is 4.24. The quantitative estimate of drug-likeness (QED) is 0.569. The maximum absolute atomic E-state index is 12.3. The molecule has 4 nitrogen and oxygen atoms in total. The molecule has 0 aliphatic rings. The van der Waals surface area contributed by atoms with Crippen LogP contribution in [-0.4, -0.2) is 10.9 Å². The smallest absolute Gasteiger partial charge is 0.287 e. The number of hydrogen-bond acceptors (Lipinski definition) is 5. The summed E-state index contributed by atoms with van der Waals surface area (Å²) >= 11 is 3.28. The summed E-state index contributed by atoms with van der Waals surface area (Å²) < 4.78 is 5.59. The fourth-order valence-electron chi connectivity index (χ4n) is 2.44. The highest BCUT2D eigenvalue weighted by atomic mass is 32.1. The average Bonchev–Trinajstić information content (AvgIpc) is 3.31. The predicted octanol–water partition coefficient (Wildman–Crippen LogP) is 4.86. The molecular weight excluding hydrogens is 340 g/mol. The lowest BCUT2D eigenvalue weighted by Crippen LogP contribution is -2.22. The Balaban J connectivity index is 1.49. The highest BCUT2D eigenvalue weighted by Gasteiger charge is 2.14. The maximum Gasteiger partial charge on any atom is 0.287 e. The summed E-state index contributed by atoms with van der Waals surface area (Å²) in [5.41, 5.74) is 1.67. The third-order valence-electron chi connectivity index (χ3n) is 3.68. The summed E-state index contributed by atoms with van der Waals surface area (Å²) in [6.07, 6.45) is 0. The predicted molar refractivity (Wildman–Crippen MR) is 97.5 cm³/mol. The van der Waals surface area contributed by atoms with E-state index in [4.69, 9.17) is 4.42 Å². The Morgan fingerprint density at radius 1 is 1.25 bits per heavy atom. The number of para-hydroxylation sites is 1. The van der Waals surface area contributed by atoms with Crippen molar-refractivity contribution in [1.82, 2.24) is 10.3 Å². The van der Waals surface area contributed by atoms with Crippen molar-refractivity contribution >= 4 is 39.5 Å². The number of nitrogens with one attached hydrogen (secondary N) is 1. The number of rotatable bonds is 4. The Kier molecular flexibility index (Phi) is 3.92. The summed E-state index contributed by atoms with van der Waals surface area (Å²) in [5, 5.41) is 6.88. The number of hydrogen-bond donors (Lipinski definition) is 1. The molecule has 0 bridgehead atoms. The van der Waals surface area contributed by atoms with E-state index in [9.17, 15) is 4.79 Å². The normalized spacial score (nSPS) is 11.0. The van der Waals surface area contributed by atoms with E-state index in [-0.39, 0.29) is 5.91 Å². The second-order valence-corrected chi connectivity index (χ2v) is 7.37. The van der Waals surface area contributed by atoms with Crippen molar-refractivity contribution < 1.29 is 9.21 Å². The zero-order valence-electron chi connectivity index (χ0n) is 12.9. The zero-order chi connectivity index (χ0) is 16.5. The van der Waals surface area contributed by atoms with Gasteiger partial charge in [-0.1, -0.05) is 24.3 Å². The molecule has 0 spiro atoms. The molecule has 0 fully saturated rings. The van der Waals surface area contributed by atoms with E-state index in [0.717, 1.165) is 31.4 Å². The fraction of sp³-hybridized carbons (Fsp3) is 0.111. The largest absolute Gasteiger partial charge is 0.451 e.